The monoisotopic (exact) mass is 197 g/mol. The molecule has 0 saturated heterocycles. The van der Waals surface area contributed by atoms with Gasteiger partial charge in [0, 0.05) is 6.21 Å². The molecule has 5 heteroatoms. The Labute approximate surface area is 80.8 Å². The maximum Gasteiger partial charge on any atom is 0.336 e. The molecule has 0 fully saturated rings. The van der Waals surface area contributed by atoms with Gasteiger partial charge in [-0.15, -0.1) is 0 Å². The van der Waals surface area contributed by atoms with Crippen molar-refractivity contribution in [1.82, 2.24) is 0 Å². The summed E-state index contributed by atoms with van der Waals surface area (Å²) in [5, 5.41) is 17.9. The van der Waals surface area contributed by atoms with Gasteiger partial charge in [0.25, 0.3) is 0 Å². The van der Waals surface area contributed by atoms with Crippen molar-refractivity contribution in [2.24, 2.45) is 10.9 Å². The fourth-order valence-electron chi connectivity index (χ4n) is 1.55. The van der Waals surface area contributed by atoms with E-state index in [9.17, 15) is 9.59 Å². The van der Waals surface area contributed by atoms with E-state index in [4.69, 9.17) is 10.2 Å². The second kappa shape index (κ2) is 3.61. The van der Waals surface area contributed by atoms with Crippen molar-refractivity contribution in [3.63, 3.8) is 0 Å². The van der Waals surface area contributed by atoms with Crippen LogP contribution in [0.15, 0.2) is 17.1 Å². The number of rotatable bonds is 4. The molecule has 2 atom stereocenters. The predicted octanol–water partition coefficient (Wildman–Crippen LogP) is 0.561. The van der Waals surface area contributed by atoms with E-state index >= 15 is 0 Å². The highest BCUT2D eigenvalue weighted by atomic mass is 16.4. The Morgan fingerprint density at radius 2 is 2.14 bits per heavy atom. The molecule has 0 aromatic carbocycles. The molecule has 2 unspecified atom stereocenters. The van der Waals surface area contributed by atoms with Gasteiger partial charge in [0.15, 0.2) is 5.54 Å². The summed E-state index contributed by atoms with van der Waals surface area (Å²) in [4.78, 5) is 25.6. The summed E-state index contributed by atoms with van der Waals surface area (Å²) in [6.45, 7) is 1.63. The number of carboxylic acid groups (broad SMARTS) is 2. The molecule has 1 heterocycles. The molecule has 76 valence electrons. The third kappa shape index (κ3) is 1.41. The second-order valence-electron chi connectivity index (χ2n) is 3.07. The molecule has 14 heavy (non-hydrogen) atoms. The van der Waals surface area contributed by atoms with E-state index in [1.54, 1.807) is 6.92 Å². The molecule has 0 aromatic rings. The Morgan fingerprint density at radius 3 is 2.43 bits per heavy atom. The molecule has 0 spiro atoms. The van der Waals surface area contributed by atoms with E-state index < -0.39 is 23.4 Å². The van der Waals surface area contributed by atoms with Crippen molar-refractivity contribution < 1.29 is 19.8 Å². The topological polar surface area (TPSA) is 87.0 Å². The van der Waals surface area contributed by atoms with Crippen LogP contribution in [0.3, 0.4) is 0 Å². The number of aliphatic imine (C=N–C) groups is 1. The molecule has 0 aliphatic carbocycles. The van der Waals surface area contributed by atoms with Gasteiger partial charge in [0.05, 0.1) is 5.92 Å². The zero-order valence-corrected chi connectivity index (χ0v) is 7.67. The summed E-state index contributed by atoms with van der Waals surface area (Å²) in [5.74, 6) is -3.38. The van der Waals surface area contributed by atoms with E-state index in [1.807, 2.05) is 0 Å². The number of nitrogens with zero attached hydrogens (tertiary/aromatic N) is 1. The number of allylic oxidation sites excluding steroid dienone is 1. The highest BCUT2D eigenvalue weighted by Gasteiger charge is 2.47. The minimum absolute atomic E-state index is 0.226. The Bertz CT molecular complexity index is 307. The molecule has 5 nitrogen and oxygen atoms in total. The molecule has 1 aliphatic rings. The lowest BCUT2D eigenvalue weighted by atomic mass is 9.83. The minimum atomic E-state index is -1.61. The summed E-state index contributed by atoms with van der Waals surface area (Å²) >= 11 is 0. The first-order valence-electron chi connectivity index (χ1n) is 4.24. The van der Waals surface area contributed by atoms with Gasteiger partial charge in [0.1, 0.15) is 0 Å². The number of carboxylic acids is 2. The maximum absolute atomic E-state index is 11.0. The summed E-state index contributed by atoms with van der Waals surface area (Å²) in [7, 11) is 0. The summed E-state index contributed by atoms with van der Waals surface area (Å²) < 4.78 is 0. The first-order chi connectivity index (χ1) is 6.54. The standard InChI is InChI=1S/C9H11NO4/c1-2-6(7(11)12)9(8(13)14)4-3-5-10-9/h3-6H,2H2,1H3,(H,11,12)(H,13,14). The largest absolute Gasteiger partial charge is 0.481 e. The van der Waals surface area contributed by atoms with Crippen molar-refractivity contribution >= 4 is 18.2 Å². The summed E-state index contributed by atoms with van der Waals surface area (Å²) in [6, 6.07) is 0. The van der Waals surface area contributed by atoms with Crippen molar-refractivity contribution in [1.29, 1.82) is 0 Å². The van der Waals surface area contributed by atoms with Gasteiger partial charge in [-0.05, 0) is 18.6 Å². The van der Waals surface area contributed by atoms with Crippen LogP contribution in [0.4, 0.5) is 0 Å². The highest BCUT2D eigenvalue weighted by molar-refractivity contribution is 5.94. The van der Waals surface area contributed by atoms with Crippen molar-refractivity contribution in [2.75, 3.05) is 0 Å². The Hall–Kier alpha value is -1.65. The normalized spacial score (nSPS) is 26.4. The third-order valence-electron chi connectivity index (χ3n) is 2.30. The molecule has 0 aromatic heterocycles. The van der Waals surface area contributed by atoms with Crippen molar-refractivity contribution in [2.45, 2.75) is 18.9 Å². The van der Waals surface area contributed by atoms with E-state index in [-0.39, 0.29) is 6.42 Å². The van der Waals surface area contributed by atoms with Crippen molar-refractivity contribution in [3.05, 3.63) is 12.2 Å². The summed E-state index contributed by atoms with van der Waals surface area (Å²) in [5.41, 5.74) is -1.61. The molecular weight excluding hydrogens is 186 g/mol. The molecule has 0 saturated carbocycles. The summed E-state index contributed by atoms with van der Waals surface area (Å²) in [6.07, 6.45) is 4.32. The molecule has 1 aliphatic heterocycles. The minimum Gasteiger partial charge on any atom is -0.481 e. The smallest absolute Gasteiger partial charge is 0.336 e. The van der Waals surface area contributed by atoms with Gasteiger partial charge < -0.3 is 10.2 Å². The SMILES string of the molecule is CCC(C(=O)O)C1(C(=O)O)C=CC=N1. The van der Waals surface area contributed by atoms with Gasteiger partial charge in [-0.2, -0.15) is 0 Å². The van der Waals surface area contributed by atoms with Crippen LogP contribution in [0.5, 0.6) is 0 Å². The Kier molecular flexibility index (Phi) is 2.69. The van der Waals surface area contributed by atoms with Crippen LogP contribution in [-0.4, -0.2) is 33.9 Å². The average molecular weight is 197 g/mol. The lowest BCUT2D eigenvalue weighted by molar-refractivity contribution is -0.153. The number of aliphatic carboxylic acids is 2. The lowest BCUT2D eigenvalue weighted by Crippen LogP contribution is -2.44. The van der Waals surface area contributed by atoms with Crippen LogP contribution in [0.25, 0.3) is 0 Å². The molecule has 0 bridgehead atoms. The fourth-order valence-corrected chi connectivity index (χ4v) is 1.55. The van der Waals surface area contributed by atoms with E-state index in [0.717, 1.165) is 0 Å². The molecule has 0 amide bonds. The van der Waals surface area contributed by atoms with Crippen LogP contribution >= 0.6 is 0 Å². The molecule has 2 N–H and O–H groups in total. The predicted molar refractivity (Wildman–Crippen MR) is 49.4 cm³/mol. The van der Waals surface area contributed by atoms with Gasteiger partial charge in [-0.3, -0.25) is 9.79 Å². The Morgan fingerprint density at radius 1 is 1.50 bits per heavy atom. The van der Waals surface area contributed by atoms with Crippen molar-refractivity contribution in [3.8, 4) is 0 Å². The number of hydrogen-bond donors (Lipinski definition) is 2. The van der Waals surface area contributed by atoms with Crippen LogP contribution in [0.1, 0.15) is 13.3 Å². The zero-order chi connectivity index (χ0) is 10.8. The van der Waals surface area contributed by atoms with E-state index in [1.165, 1.54) is 18.4 Å². The van der Waals surface area contributed by atoms with E-state index in [0.29, 0.717) is 0 Å². The van der Waals surface area contributed by atoms with Gasteiger partial charge in [-0.25, -0.2) is 4.79 Å². The lowest BCUT2D eigenvalue weighted by Gasteiger charge is -2.25. The third-order valence-corrected chi connectivity index (χ3v) is 2.30. The number of carbonyl (C=O) groups is 2. The van der Waals surface area contributed by atoms with Gasteiger partial charge in [-0.1, -0.05) is 6.92 Å². The Balaban J connectivity index is 3.11. The number of hydrogen-bond acceptors (Lipinski definition) is 3. The second-order valence-corrected chi connectivity index (χ2v) is 3.07. The van der Waals surface area contributed by atoms with Crippen LogP contribution in [-0.2, 0) is 9.59 Å². The van der Waals surface area contributed by atoms with Crippen LogP contribution in [0.2, 0.25) is 0 Å². The first kappa shape index (κ1) is 10.4. The molecule has 1 rings (SSSR count). The molecule has 0 radical (unpaired) electrons. The zero-order valence-electron chi connectivity index (χ0n) is 7.67. The van der Waals surface area contributed by atoms with Gasteiger partial charge >= 0.3 is 11.9 Å². The van der Waals surface area contributed by atoms with Crippen LogP contribution < -0.4 is 0 Å². The first-order valence-corrected chi connectivity index (χ1v) is 4.24. The van der Waals surface area contributed by atoms with E-state index in [2.05, 4.69) is 4.99 Å². The highest BCUT2D eigenvalue weighted by Crippen LogP contribution is 2.30. The maximum atomic E-state index is 11.0. The quantitative estimate of drug-likeness (QED) is 0.689. The average Bonchev–Trinajstić information content (AvgIpc) is 2.54. The molecular formula is C9H11NO4. The van der Waals surface area contributed by atoms with Crippen LogP contribution in [0, 0.1) is 5.92 Å². The van der Waals surface area contributed by atoms with Gasteiger partial charge in [0.2, 0.25) is 0 Å². The fraction of sp³-hybridized carbons (Fsp3) is 0.444.